The third kappa shape index (κ3) is 3.97. The summed E-state index contributed by atoms with van der Waals surface area (Å²) in [5, 5.41) is 8.85. The molecule has 0 bridgehead atoms. The molecule has 1 saturated heterocycles. The molecule has 148 valence electrons. The first-order valence-corrected chi connectivity index (χ1v) is 9.98. The van der Waals surface area contributed by atoms with Crippen LogP contribution in [0.15, 0.2) is 41.1 Å². The average Bonchev–Trinajstić information content (AvgIpc) is 3.23. The fourth-order valence-corrected chi connectivity index (χ4v) is 4.05. The Balaban J connectivity index is 1.57. The molecule has 3 aromatic rings. The van der Waals surface area contributed by atoms with E-state index in [1.54, 1.807) is 7.11 Å². The topological polar surface area (TPSA) is 56.3 Å². The van der Waals surface area contributed by atoms with Crippen molar-refractivity contribution < 1.29 is 9.26 Å². The van der Waals surface area contributed by atoms with Gasteiger partial charge in [0.25, 0.3) is 0 Å². The van der Waals surface area contributed by atoms with Gasteiger partial charge in [0, 0.05) is 37.0 Å². The van der Waals surface area contributed by atoms with Crippen LogP contribution in [-0.4, -0.2) is 33.5 Å². The second-order valence-corrected chi connectivity index (χ2v) is 7.59. The van der Waals surface area contributed by atoms with Crippen molar-refractivity contribution in [1.29, 1.82) is 0 Å². The molecule has 0 aliphatic carbocycles. The Morgan fingerprint density at radius 2 is 2.00 bits per heavy atom. The summed E-state index contributed by atoms with van der Waals surface area (Å²) in [7, 11) is 3.65. The average molecular weight is 380 g/mol. The van der Waals surface area contributed by atoms with Gasteiger partial charge in [0.2, 0.25) is 0 Å². The molecular weight excluding hydrogens is 352 g/mol. The predicted molar refractivity (Wildman–Crippen MR) is 108 cm³/mol. The van der Waals surface area contributed by atoms with Gasteiger partial charge >= 0.3 is 0 Å². The Hall–Kier alpha value is -2.60. The molecule has 1 aliphatic heterocycles. The van der Waals surface area contributed by atoms with Crippen molar-refractivity contribution in [2.45, 2.75) is 45.2 Å². The standard InChI is InChI=1S/C22H28N4O2/c1-16-18(14-25(2)23-16)15-26-12-6-4-5-7-21(26)22-13-20(24-28-22)17-8-10-19(27-3)11-9-17/h8-11,13-14,21H,4-7,12,15H2,1-3H3/t21-/m1/s1. The van der Waals surface area contributed by atoms with Gasteiger partial charge in [-0.2, -0.15) is 5.10 Å². The number of likely N-dealkylation sites (tertiary alicyclic amines) is 1. The number of methoxy groups -OCH3 is 1. The highest BCUT2D eigenvalue weighted by Crippen LogP contribution is 2.34. The van der Waals surface area contributed by atoms with Crippen LogP contribution in [0, 0.1) is 6.92 Å². The molecule has 6 heteroatoms. The summed E-state index contributed by atoms with van der Waals surface area (Å²) < 4.78 is 13.0. The molecule has 0 N–H and O–H groups in total. The third-order valence-electron chi connectivity index (χ3n) is 5.59. The Labute approximate surface area is 166 Å². The highest BCUT2D eigenvalue weighted by atomic mass is 16.5. The molecule has 0 spiro atoms. The minimum absolute atomic E-state index is 0.251. The zero-order valence-corrected chi connectivity index (χ0v) is 16.9. The van der Waals surface area contributed by atoms with Crippen LogP contribution in [0.25, 0.3) is 11.3 Å². The Bertz CT molecular complexity index is 913. The van der Waals surface area contributed by atoms with E-state index in [9.17, 15) is 0 Å². The van der Waals surface area contributed by atoms with E-state index in [0.29, 0.717) is 0 Å². The van der Waals surface area contributed by atoms with Gasteiger partial charge in [0.15, 0.2) is 5.76 Å². The fraction of sp³-hybridized carbons (Fsp3) is 0.455. The monoisotopic (exact) mass is 380 g/mol. The summed E-state index contributed by atoms with van der Waals surface area (Å²) in [6.45, 7) is 4.04. The lowest BCUT2D eigenvalue weighted by atomic mass is 10.0. The maximum Gasteiger partial charge on any atom is 0.154 e. The molecule has 0 amide bonds. The van der Waals surface area contributed by atoms with E-state index in [2.05, 4.69) is 34.3 Å². The molecule has 4 rings (SSSR count). The molecule has 3 heterocycles. The quantitative estimate of drug-likeness (QED) is 0.652. The van der Waals surface area contributed by atoms with E-state index in [4.69, 9.17) is 9.26 Å². The highest BCUT2D eigenvalue weighted by molar-refractivity contribution is 5.60. The van der Waals surface area contributed by atoms with Crippen molar-refractivity contribution in [3.05, 3.63) is 53.5 Å². The number of ether oxygens (including phenoxy) is 1. The van der Waals surface area contributed by atoms with Crippen molar-refractivity contribution in [3.63, 3.8) is 0 Å². The zero-order chi connectivity index (χ0) is 19.5. The molecule has 1 aromatic carbocycles. The van der Waals surface area contributed by atoms with Gasteiger partial charge in [-0.1, -0.05) is 18.0 Å². The van der Waals surface area contributed by atoms with Crippen molar-refractivity contribution in [3.8, 4) is 17.0 Å². The van der Waals surface area contributed by atoms with Gasteiger partial charge in [-0.25, -0.2) is 0 Å². The fourth-order valence-electron chi connectivity index (χ4n) is 4.05. The van der Waals surface area contributed by atoms with Crippen LogP contribution in [0.4, 0.5) is 0 Å². The van der Waals surface area contributed by atoms with E-state index in [0.717, 1.165) is 48.0 Å². The molecule has 0 unspecified atom stereocenters. The SMILES string of the molecule is COc1ccc(-c2cc([C@H]3CCCCCN3Cc3cn(C)nc3C)on2)cc1. The van der Waals surface area contributed by atoms with E-state index < -0.39 is 0 Å². The normalized spacial score (nSPS) is 18.2. The summed E-state index contributed by atoms with van der Waals surface area (Å²) in [5.41, 5.74) is 4.30. The number of aryl methyl sites for hydroxylation is 2. The van der Waals surface area contributed by atoms with Crippen molar-refractivity contribution in [2.24, 2.45) is 7.05 Å². The minimum atomic E-state index is 0.251. The molecule has 6 nitrogen and oxygen atoms in total. The first-order chi connectivity index (χ1) is 13.6. The van der Waals surface area contributed by atoms with Crippen LogP contribution < -0.4 is 4.74 Å². The first kappa shape index (κ1) is 18.7. The van der Waals surface area contributed by atoms with Crippen molar-refractivity contribution in [2.75, 3.05) is 13.7 Å². The van der Waals surface area contributed by atoms with Gasteiger partial charge in [-0.15, -0.1) is 0 Å². The summed E-state index contributed by atoms with van der Waals surface area (Å²) >= 11 is 0. The Kier molecular flexibility index (Phi) is 5.48. The molecule has 0 radical (unpaired) electrons. The molecule has 1 aliphatic rings. The van der Waals surface area contributed by atoms with E-state index in [-0.39, 0.29) is 6.04 Å². The lowest BCUT2D eigenvalue weighted by Crippen LogP contribution is -2.28. The smallest absolute Gasteiger partial charge is 0.154 e. The predicted octanol–water partition coefficient (Wildman–Crippen LogP) is 4.51. The third-order valence-corrected chi connectivity index (χ3v) is 5.59. The van der Waals surface area contributed by atoms with Gasteiger partial charge in [-0.3, -0.25) is 9.58 Å². The number of benzene rings is 1. The molecule has 1 atom stereocenters. The molecule has 28 heavy (non-hydrogen) atoms. The zero-order valence-electron chi connectivity index (χ0n) is 16.9. The molecule has 2 aromatic heterocycles. The maximum atomic E-state index is 5.83. The van der Waals surface area contributed by atoms with E-state index >= 15 is 0 Å². The molecule has 1 fully saturated rings. The first-order valence-electron chi connectivity index (χ1n) is 9.98. The number of hydrogen-bond donors (Lipinski definition) is 0. The van der Waals surface area contributed by atoms with Crippen LogP contribution in [-0.2, 0) is 13.6 Å². The molecular formula is C22H28N4O2. The van der Waals surface area contributed by atoms with Crippen LogP contribution in [0.2, 0.25) is 0 Å². The van der Waals surface area contributed by atoms with Crippen molar-refractivity contribution >= 4 is 0 Å². The number of hydrogen-bond acceptors (Lipinski definition) is 5. The molecule has 0 saturated carbocycles. The van der Waals surface area contributed by atoms with Gasteiger partial charge in [0.1, 0.15) is 11.4 Å². The van der Waals surface area contributed by atoms with E-state index in [1.165, 1.54) is 24.8 Å². The van der Waals surface area contributed by atoms with Crippen LogP contribution >= 0.6 is 0 Å². The number of aromatic nitrogens is 3. The summed E-state index contributed by atoms with van der Waals surface area (Å²) in [6, 6.07) is 10.3. The lowest BCUT2D eigenvalue weighted by Gasteiger charge is -2.27. The Morgan fingerprint density at radius 1 is 1.18 bits per heavy atom. The summed E-state index contributed by atoms with van der Waals surface area (Å²) in [6.07, 6.45) is 6.91. The van der Waals surface area contributed by atoms with Crippen molar-refractivity contribution in [1.82, 2.24) is 19.8 Å². The second kappa shape index (κ2) is 8.19. The van der Waals surface area contributed by atoms with E-state index in [1.807, 2.05) is 36.0 Å². The summed E-state index contributed by atoms with van der Waals surface area (Å²) in [5.74, 6) is 1.79. The van der Waals surface area contributed by atoms with Gasteiger partial charge in [-0.05, 0) is 50.6 Å². The number of nitrogens with zero attached hydrogens (tertiary/aromatic N) is 4. The second-order valence-electron chi connectivity index (χ2n) is 7.59. The van der Waals surface area contributed by atoms with Gasteiger partial charge < -0.3 is 9.26 Å². The lowest BCUT2D eigenvalue weighted by molar-refractivity contribution is 0.160. The van der Waals surface area contributed by atoms with Crippen LogP contribution in [0.1, 0.15) is 48.7 Å². The maximum absolute atomic E-state index is 5.83. The minimum Gasteiger partial charge on any atom is -0.497 e. The number of rotatable bonds is 5. The summed E-state index contributed by atoms with van der Waals surface area (Å²) in [4.78, 5) is 2.52. The van der Waals surface area contributed by atoms with Crippen LogP contribution in [0.5, 0.6) is 5.75 Å². The highest BCUT2D eigenvalue weighted by Gasteiger charge is 2.27. The van der Waals surface area contributed by atoms with Gasteiger partial charge in [0.05, 0.1) is 18.8 Å². The van der Waals surface area contributed by atoms with Crippen LogP contribution in [0.3, 0.4) is 0 Å². The Morgan fingerprint density at radius 3 is 2.71 bits per heavy atom. The largest absolute Gasteiger partial charge is 0.497 e.